The molecule has 2 rings (SSSR count). The molecule has 1 amide bonds. The number of thioether (sulfide) groups is 1. The molecule has 138 valence electrons. The zero-order valence-electron chi connectivity index (χ0n) is 14.3. The predicted molar refractivity (Wildman–Crippen MR) is 96.6 cm³/mol. The average molecular weight is 399 g/mol. The van der Waals surface area contributed by atoms with Gasteiger partial charge in [-0.3, -0.25) is 14.9 Å². The highest BCUT2D eigenvalue weighted by Crippen LogP contribution is 2.37. The van der Waals surface area contributed by atoms with Gasteiger partial charge in [0.1, 0.15) is 11.5 Å². The summed E-state index contributed by atoms with van der Waals surface area (Å²) in [4.78, 5) is 32.0. The number of hydrogen-bond donors (Lipinski definition) is 0. The van der Waals surface area contributed by atoms with E-state index >= 15 is 0 Å². The van der Waals surface area contributed by atoms with Gasteiger partial charge in [0.25, 0.3) is 5.91 Å². The molecular formula is C15H15ClN4O5S. The molecule has 0 atom stereocenters. The molecule has 0 unspecified atom stereocenters. The SMILES string of the molecule is COc1cc(Oc2nc(SC)nc(Cl)c2[N+](=O)[O-])cc(C(=O)N(C)C)c1. The van der Waals surface area contributed by atoms with E-state index in [1.807, 2.05) is 0 Å². The van der Waals surface area contributed by atoms with Gasteiger partial charge in [-0.1, -0.05) is 23.4 Å². The van der Waals surface area contributed by atoms with E-state index in [1.165, 1.54) is 30.2 Å². The van der Waals surface area contributed by atoms with Gasteiger partial charge in [-0.2, -0.15) is 4.98 Å². The molecule has 9 nitrogen and oxygen atoms in total. The lowest BCUT2D eigenvalue weighted by molar-refractivity contribution is -0.386. The molecule has 0 aliphatic heterocycles. The van der Waals surface area contributed by atoms with Crippen molar-refractivity contribution in [1.82, 2.24) is 14.9 Å². The fraction of sp³-hybridized carbons (Fsp3) is 0.267. The summed E-state index contributed by atoms with van der Waals surface area (Å²) in [6, 6.07) is 4.44. The number of nitrogens with zero attached hydrogens (tertiary/aromatic N) is 4. The number of ether oxygens (including phenoxy) is 2. The lowest BCUT2D eigenvalue weighted by Gasteiger charge is -2.13. The summed E-state index contributed by atoms with van der Waals surface area (Å²) >= 11 is 7.04. The summed E-state index contributed by atoms with van der Waals surface area (Å²) < 4.78 is 10.7. The number of halogens is 1. The standard InChI is InChI=1S/C15H15ClN4O5S/c1-19(2)14(21)8-5-9(24-3)7-10(6-8)25-13-11(20(22)23)12(16)17-15(18-13)26-4/h5-7H,1-4H3. The van der Waals surface area contributed by atoms with Gasteiger partial charge in [-0.25, -0.2) is 4.98 Å². The summed E-state index contributed by atoms with van der Waals surface area (Å²) in [5.41, 5.74) is -0.273. The molecule has 1 heterocycles. The normalized spacial score (nSPS) is 10.3. The third-order valence-corrected chi connectivity index (χ3v) is 3.95. The summed E-state index contributed by atoms with van der Waals surface area (Å²) in [5.74, 6) is -0.121. The van der Waals surface area contributed by atoms with Crippen LogP contribution in [0.1, 0.15) is 10.4 Å². The molecule has 26 heavy (non-hydrogen) atoms. The molecule has 0 radical (unpaired) electrons. The Kier molecular flexibility index (Phi) is 6.22. The Morgan fingerprint density at radius 3 is 2.46 bits per heavy atom. The van der Waals surface area contributed by atoms with Crippen LogP contribution in [0.5, 0.6) is 17.4 Å². The predicted octanol–water partition coefficient (Wildman–Crippen LogP) is 3.26. The van der Waals surface area contributed by atoms with Crippen LogP contribution >= 0.6 is 23.4 Å². The minimum absolute atomic E-state index is 0.138. The number of rotatable bonds is 6. The Bertz CT molecular complexity index is 862. The topological polar surface area (TPSA) is 108 Å². The molecule has 0 aliphatic carbocycles. The molecule has 0 aliphatic rings. The van der Waals surface area contributed by atoms with Crippen LogP contribution in [0.15, 0.2) is 23.4 Å². The number of aromatic nitrogens is 2. The molecule has 0 spiro atoms. The summed E-state index contributed by atoms with van der Waals surface area (Å²) in [6.45, 7) is 0. The van der Waals surface area contributed by atoms with Gasteiger partial charge in [0.15, 0.2) is 5.16 Å². The molecule has 0 bridgehead atoms. The monoisotopic (exact) mass is 398 g/mol. The zero-order chi connectivity index (χ0) is 19.4. The molecule has 1 aromatic heterocycles. The number of carbonyl (C=O) groups is 1. The maximum atomic E-state index is 12.2. The van der Waals surface area contributed by atoms with E-state index in [0.717, 1.165) is 11.8 Å². The van der Waals surface area contributed by atoms with Gasteiger partial charge >= 0.3 is 11.6 Å². The number of benzene rings is 1. The van der Waals surface area contributed by atoms with Crippen molar-refractivity contribution in [3.8, 4) is 17.4 Å². The van der Waals surface area contributed by atoms with Gasteiger partial charge in [0, 0.05) is 25.7 Å². The van der Waals surface area contributed by atoms with Crippen molar-refractivity contribution >= 4 is 35.0 Å². The Hall–Kier alpha value is -2.59. The van der Waals surface area contributed by atoms with Crippen molar-refractivity contribution in [2.75, 3.05) is 27.5 Å². The first-order chi connectivity index (χ1) is 12.3. The van der Waals surface area contributed by atoms with Crippen LogP contribution in [0.4, 0.5) is 5.69 Å². The highest BCUT2D eigenvalue weighted by molar-refractivity contribution is 7.98. The van der Waals surface area contributed by atoms with E-state index in [1.54, 1.807) is 20.4 Å². The largest absolute Gasteiger partial charge is 0.497 e. The van der Waals surface area contributed by atoms with Crippen LogP contribution < -0.4 is 9.47 Å². The maximum Gasteiger partial charge on any atom is 0.368 e. The highest BCUT2D eigenvalue weighted by atomic mass is 35.5. The first-order valence-corrected chi connectivity index (χ1v) is 8.71. The van der Waals surface area contributed by atoms with Gasteiger partial charge in [0.2, 0.25) is 5.15 Å². The molecule has 1 aromatic carbocycles. The fourth-order valence-corrected chi connectivity index (χ4v) is 2.58. The van der Waals surface area contributed by atoms with Crippen LogP contribution in [0.25, 0.3) is 0 Å². The quantitative estimate of drug-likeness (QED) is 0.240. The van der Waals surface area contributed by atoms with Crippen molar-refractivity contribution in [2.24, 2.45) is 0 Å². The molecule has 0 fully saturated rings. The van der Waals surface area contributed by atoms with Crippen LogP contribution in [0, 0.1) is 10.1 Å². The minimum Gasteiger partial charge on any atom is -0.497 e. The van der Waals surface area contributed by atoms with Gasteiger partial charge < -0.3 is 14.4 Å². The highest BCUT2D eigenvalue weighted by Gasteiger charge is 2.26. The second kappa shape index (κ2) is 8.19. The number of carbonyl (C=O) groups excluding carboxylic acids is 1. The zero-order valence-corrected chi connectivity index (χ0v) is 15.9. The summed E-state index contributed by atoms with van der Waals surface area (Å²) in [5, 5.41) is 11.2. The summed E-state index contributed by atoms with van der Waals surface area (Å²) in [6.07, 6.45) is 1.70. The third-order valence-electron chi connectivity index (χ3n) is 3.14. The summed E-state index contributed by atoms with van der Waals surface area (Å²) in [7, 11) is 4.63. The van der Waals surface area contributed by atoms with E-state index < -0.39 is 10.6 Å². The smallest absolute Gasteiger partial charge is 0.368 e. The molecule has 11 heteroatoms. The van der Waals surface area contributed by atoms with E-state index in [-0.39, 0.29) is 33.4 Å². The fourth-order valence-electron chi connectivity index (χ4n) is 1.95. The first-order valence-electron chi connectivity index (χ1n) is 7.11. The van der Waals surface area contributed by atoms with Gasteiger partial charge in [-0.15, -0.1) is 0 Å². The van der Waals surface area contributed by atoms with Crippen molar-refractivity contribution in [1.29, 1.82) is 0 Å². The number of methoxy groups -OCH3 is 1. The van der Waals surface area contributed by atoms with Crippen molar-refractivity contribution < 1.29 is 19.2 Å². The van der Waals surface area contributed by atoms with Crippen molar-refractivity contribution in [3.05, 3.63) is 39.0 Å². The van der Waals surface area contributed by atoms with E-state index in [2.05, 4.69) is 9.97 Å². The van der Waals surface area contributed by atoms with E-state index in [4.69, 9.17) is 21.1 Å². The molecule has 0 N–H and O–H groups in total. The number of nitro groups is 1. The van der Waals surface area contributed by atoms with Crippen molar-refractivity contribution in [2.45, 2.75) is 5.16 Å². The van der Waals surface area contributed by atoms with Crippen LogP contribution in [0.2, 0.25) is 5.15 Å². The minimum atomic E-state index is -0.728. The Balaban J connectivity index is 2.54. The second-order valence-corrected chi connectivity index (χ2v) is 6.24. The maximum absolute atomic E-state index is 12.2. The Morgan fingerprint density at radius 2 is 1.92 bits per heavy atom. The molecule has 0 saturated carbocycles. The van der Waals surface area contributed by atoms with Gasteiger partial charge in [0.05, 0.1) is 12.0 Å². The first kappa shape index (κ1) is 19.7. The van der Waals surface area contributed by atoms with Crippen LogP contribution in [-0.4, -0.2) is 53.2 Å². The van der Waals surface area contributed by atoms with Crippen LogP contribution in [0.3, 0.4) is 0 Å². The lowest BCUT2D eigenvalue weighted by atomic mass is 10.2. The Morgan fingerprint density at radius 1 is 1.27 bits per heavy atom. The molecule has 2 aromatic rings. The number of amides is 1. The Labute approximate surface area is 158 Å². The van der Waals surface area contributed by atoms with E-state index in [0.29, 0.717) is 5.75 Å². The van der Waals surface area contributed by atoms with E-state index in [9.17, 15) is 14.9 Å². The van der Waals surface area contributed by atoms with Crippen molar-refractivity contribution in [3.63, 3.8) is 0 Å². The number of hydrogen-bond acceptors (Lipinski definition) is 8. The lowest BCUT2D eigenvalue weighted by Crippen LogP contribution is -2.21. The average Bonchev–Trinajstić information content (AvgIpc) is 2.59. The van der Waals surface area contributed by atoms with Gasteiger partial charge in [-0.05, 0) is 18.4 Å². The molecule has 0 saturated heterocycles. The third kappa shape index (κ3) is 4.33. The molecular weight excluding hydrogens is 384 g/mol. The van der Waals surface area contributed by atoms with Crippen LogP contribution in [-0.2, 0) is 0 Å². The second-order valence-electron chi connectivity index (χ2n) is 5.11.